The highest BCUT2D eigenvalue weighted by Crippen LogP contribution is 2.24. The second-order valence-electron chi connectivity index (χ2n) is 14.6. The smallest absolute Gasteiger partial charge is 0.101 e. The lowest BCUT2D eigenvalue weighted by Gasteiger charge is -2.33. The standard InChI is InChI=1S/C42H84N2/c1-4-7-10-13-16-19-21-22-23-24-27-30-33-36-39-44-41-40-43(38-35-32-29-26-18-15-12-9-6-3)42(44)37-34-31-28-25-20-17-14-11-8-5-2/h40-42H,4-39H2,1-3H3. The Labute approximate surface area is 280 Å². The third-order valence-corrected chi connectivity index (χ3v) is 10.3. The molecule has 2 nitrogen and oxygen atoms in total. The molecular weight excluding hydrogens is 532 g/mol. The number of rotatable bonds is 36. The summed E-state index contributed by atoms with van der Waals surface area (Å²) in [5, 5.41) is 0. The van der Waals surface area contributed by atoms with Crippen LogP contribution in [0.1, 0.15) is 239 Å². The molecule has 1 aliphatic rings. The summed E-state index contributed by atoms with van der Waals surface area (Å²) >= 11 is 0. The molecule has 0 N–H and O–H groups in total. The van der Waals surface area contributed by atoms with Gasteiger partial charge in [-0.3, -0.25) is 0 Å². The molecule has 0 radical (unpaired) electrons. The van der Waals surface area contributed by atoms with Gasteiger partial charge in [0, 0.05) is 25.5 Å². The van der Waals surface area contributed by atoms with Crippen molar-refractivity contribution in [2.24, 2.45) is 0 Å². The Morgan fingerprint density at radius 3 is 0.795 bits per heavy atom. The van der Waals surface area contributed by atoms with Crippen LogP contribution in [0.25, 0.3) is 0 Å². The Kier molecular flexibility index (Phi) is 31.7. The van der Waals surface area contributed by atoms with E-state index in [1.165, 1.54) is 231 Å². The summed E-state index contributed by atoms with van der Waals surface area (Å²) in [6.45, 7) is 9.49. The Hall–Kier alpha value is -0.660. The van der Waals surface area contributed by atoms with Gasteiger partial charge in [0.1, 0.15) is 6.17 Å². The molecule has 1 rings (SSSR count). The van der Waals surface area contributed by atoms with Crippen LogP contribution in [0.2, 0.25) is 0 Å². The first-order chi connectivity index (χ1) is 21.8. The van der Waals surface area contributed by atoms with Crippen LogP contribution in [0.5, 0.6) is 0 Å². The number of hydrogen-bond acceptors (Lipinski definition) is 2. The van der Waals surface area contributed by atoms with Crippen molar-refractivity contribution < 1.29 is 0 Å². The van der Waals surface area contributed by atoms with Crippen LogP contribution < -0.4 is 0 Å². The molecular formula is C42H84N2. The van der Waals surface area contributed by atoms with Crippen molar-refractivity contribution in [1.82, 2.24) is 9.80 Å². The maximum Gasteiger partial charge on any atom is 0.101 e. The summed E-state index contributed by atoms with van der Waals surface area (Å²) in [6, 6.07) is 0. The molecule has 0 fully saturated rings. The normalized spacial score (nSPS) is 14.8. The van der Waals surface area contributed by atoms with Gasteiger partial charge in [0.2, 0.25) is 0 Å². The first-order valence-corrected chi connectivity index (χ1v) is 21.0. The summed E-state index contributed by atoms with van der Waals surface area (Å²) in [5.74, 6) is 0. The van der Waals surface area contributed by atoms with E-state index in [0.717, 1.165) is 0 Å². The molecule has 2 heteroatoms. The van der Waals surface area contributed by atoms with Crippen molar-refractivity contribution in [2.75, 3.05) is 13.1 Å². The molecule has 1 atom stereocenters. The highest BCUT2D eigenvalue weighted by atomic mass is 15.4. The second-order valence-corrected chi connectivity index (χ2v) is 14.6. The third kappa shape index (κ3) is 25.5. The highest BCUT2D eigenvalue weighted by Gasteiger charge is 2.24. The van der Waals surface area contributed by atoms with Crippen molar-refractivity contribution in [1.29, 1.82) is 0 Å². The Morgan fingerprint density at radius 2 is 0.523 bits per heavy atom. The van der Waals surface area contributed by atoms with Gasteiger partial charge >= 0.3 is 0 Å². The highest BCUT2D eigenvalue weighted by molar-refractivity contribution is 4.97. The van der Waals surface area contributed by atoms with E-state index in [-0.39, 0.29) is 0 Å². The van der Waals surface area contributed by atoms with Crippen LogP contribution >= 0.6 is 0 Å². The van der Waals surface area contributed by atoms with Crippen molar-refractivity contribution in [3.63, 3.8) is 0 Å². The van der Waals surface area contributed by atoms with Gasteiger partial charge in [-0.2, -0.15) is 0 Å². The molecule has 0 aromatic rings. The van der Waals surface area contributed by atoms with Gasteiger partial charge in [0.25, 0.3) is 0 Å². The zero-order valence-electron chi connectivity index (χ0n) is 31.1. The molecule has 1 heterocycles. The molecule has 44 heavy (non-hydrogen) atoms. The van der Waals surface area contributed by atoms with Crippen LogP contribution in [-0.4, -0.2) is 29.1 Å². The van der Waals surface area contributed by atoms with Crippen LogP contribution in [0.3, 0.4) is 0 Å². The van der Waals surface area contributed by atoms with E-state index in [1.54, 1.807) is 0 Å². The molecule has 0 saturated heterocycles. The predicted octanol–water partition coefficient (Wildman–Crippen LogP) is 14.7. The van der Waals surface area contributed by atoms with Gasteiger partial charge in [-0.25, -0.2) is 0 Å². The van der Waals surface area contributed by atoms with E-state index in [4.69, 9.17) is 0 Å². The molecule has 0 amide bonds. The summed E-state index contributed by atoms with van der Waals surface area (Å²) in [6.07, 6.45) is 54.4. The Balaban J connectivity index is 2.20. The van der Waals surface area contributed by atoms with E-state index in [2.05, 4.69) is 43.0 Å². The van der Waals surface area contributed by atoms with Crippen molar-refractivity contribution >= 4 is 0 Å². The van der Waals surface area contributed by atoms with Gasteiger partial charge in [-0.15, -0.1) is 0 Å². The van der Waals surface area contributed by atoms with Crippen molar-refractivity contribution in [3.05, 3.63) is 12.4 Å². The van der Waals surface area contributed by atoms with E-state index in [1.807, 2.05) is 0 Å². The maximum atomic E-state index is 2.72. The molecule has 1 aliphatic heterocycles. The maximum absolute atomic E-state index is 2.72. The molecule has 0 aliphatic carbocycles. The summed E-state index contributed by atoms with van der Waals surface area (Å²) in [5.41, 5.74) is 0. The molecule has 0 saturated carbocycles. The average molecular weight is 617 g/mol. The number of unbranched alkanes of at least 4 members (excludes halogenated alkanes) is 30. The van der Waals surface area contributed by atoms with Crippen LogP contribution in [0, 0.1) is 0 Å². The zero-order chi connectivity index (χ0) is 31.6. The lowest BCUT2D eigenvalue weighted by Crippen LogP contribution is -2.39. The van der Waals surface area contributed by atoms with E-state index < -0.39 is 0 Å². The SMILES string of the molecule is CCCCCCCCCCCCCCCCN1C=CN(CCCCCCCCCCC)C1CCCCCCCCCCCC. The van der Waals surface area contributed by atoms with E-state index in [9.17, 15) is 0 Å². The first-order valence-electron chi connectivity index (χ1n) is 21.0. The molecule has 0 spiro atoms. The fourth-order valence-corrected chi connectivity index (χ4v) is 7.25. The quantitative estimate of drug-likeness (QED) is 0.0646. The molecule has 0 aromatic carbocycles. The van der Waals surface area contributed by atoms with Crippen LogP contribution in [0.4, 0.5) is 0 Å². The van der Waals surface area contributed by atoms with Crippen LogP contribution in [0.15, 0.2) is 12.4 Å². The fourth-order valence-electron chi connectivity index (χ4n) is 7.25. The van der Waals surface area contributed by atoms with Gasteiger partial charge in [0.05, 0.1) is 0 Å². The summed E-state index contributed by atoms with van der Waals surface area (Å²) in [4.78, 5) is 5.45. The Bertz CT molecular complexity index is 572. The number of nitrogens with zero attached hydrogens (tertiary/aromatic N) is 2. The summed E-state index contributed by atoms with van der Waals surface area (Å²) < 4.78 is 0. The summed E-state index contributed by atoms with van der Waals surface area (Å²) in [7, 11) is 0. The minimum atomic E-state index is 0.639. The van der Waals surface area contributed by atoms with Crippen LogP contribution in [-0.2, 0) is 0 Å². The first kappa shape index (κ1) is 41.4. The van der Waals surface area contributed by atoms with E-state index in [0.29, 0.717) is 6.17 Å². The predicted molar refractivity (Wildman–Crippen MR) is 200 cm³/mol. The second kappa shape index (κ2) is 33.7. The van der Waals surface area contributed by atoms with Gasteiger partial charge in [-0.05, 0) is 25.7 Å². The minimum absolute atomic E-state index is 0.639. The molecule has 0 bridgehead atoms. The lowest BCUT2D eigenvalue weighted by atomic mass is 10.0. The van der Waals surface area contributed by atoms with Crippen molar-refractivity contribution in [3.8, 4) is 0 Å². The molecule has 262 valence electrons. The van der Waals surface area contributed by atoms with Gasteiger partial charge < -0.3 is 9.80 Å². The largest absolute Gasteiger partial charge is 0.356 e. The monoisotopic (exact) mass is 617 g/mol. The third-order valence-electron chi connectivity index (χ3n) is 10.3. The molecule has 0 aromatic heterocycles. The lowest BCUT2D eigenvalue weighted by molar-refractivity contribution is 0.135. The van der Waals surface area contributed by atoms with Crippen molar-refractivity contribution in [2.45, 2.75) is 245 Å². The topological polar surface area (TPSA) is 6.48 Å². The minimum Gasteiger partial charge on any atom is -0.356 e. The van der Waals surface area contributed by atoms with Gasteiger partial charge in [-0.1, -0.05) is 213 Å². The average Bonchev–Trinajstić information content (AvgIpc) is 3.42. The van der Waals surface area contributed by atoms with E-state index >= 15 is 0 Å². The zero-order valence-corrected chi connectivity index (χ0v) is 31.1. The fraction of sp³-hybridized carbons (Fsp3) is 0.952. The molecule has 1 unspecified atom stereocenters. The van der Waals surface area contributed by atoms with Gasteiger partial charge in [0.15, 0.2) is 0 Å². The number of hydrogen-bond donors (Lipinski definition) is 0. The Morgan fingerprint density at radius 1 is 0.295 bits per heavy atom.